The van der Waals surface area contributed by atoms with Crippen LogP contribution in [0.15, 0.2) is 28.1 Å². The van der Waals surface area contributed by atoms with Gasteiger partial charge in [0, 0.05) is 10.8 Å². The molecule has 2 heterocycles. The van der Waals surface area contributed by atoms with Crippen LogP contribution in [0, 0.1) is 12.8 Å². The predicted molar refractivity (Wildman–Crippen MR) is 94.1 cm³/mol. The van der Waals surface area contributed by atoms with Crippen LogP contribution in [0.1, 0.15) is 27.8 Å². The van der Waals surface area contributed by atoms with Crippen molar-refractivity contribution in [2.24, 2.45) is 5.92 Å². The Hall–Kier alpha value is -0.520. The number of rotatable bonds is 2. The molecular formula is C16H16Br2O2S. The molecule has 0 bridgehead atoms. The molecule has 0 spiro atoms. The Morgan fingerprint density at radius 3 is 2.57 bits per heavy atom. The van der Waals surface area contributed by atoms with E-state index in [2.05, 4.69) is 63.9 Å². The summed E-state index contributed by atoms with van der Waals surface area (Å²) in [6.07, 6.45) is 0. The third-order valence-corrected chi connectivity index (χ3v) is 6.96. The number of aryl methyl sites for hydroxylation is 1. The van der Waals surface area contributed by atoms with Gasteiger partial charge in [-0.15, -0.1) is 11.3 Å². The zero-order valence-electron chi connectivity index (χ0n) is 11.9. The second kappa shape index (κ2) is 6.31. The van der Waals surface area contributed by atoms with E-state index in [4.69, 9.17) is 9.47 Å². The van der Waals surface area contributed by atoms with Gasteiger partial charge in [0.05, 0.1) is 21.8 Å². The Kier molecular flexibility index (Phi) is 4.62. The van der Waals surface area contributed by atoms with Crippen molar-refractivity contribution in [1.82, 2.24) is 0 Å². The molecule has 0 fully saturated rings. The predicted octanol–water partition coefficient (Wildman–Crippen LogP) is 5.71. The largest absolute Gasteiger partial charge is 0.489 e. The molecule has 0 saturated heterocycles. The van der Waals surface area contributed by atoms with E-state index in [1.165, 1.54) is 19.8 Å². The van der Waals surface area contributed by atoms with Crippen LogP contribution in [0.2, 0.25) is 0 Å². The second-order valence-corrected chi connectivity index (χ2v) is 8.72. The number of hydrogen-bond acceptors (Lipinski definition) is 3. The van der Waals surface area contributed by atoms with Crippen LogP contribution >= 0.6 is 43.2 Å². The normalized spacial score (nSPS) is 19.1. The van der Waals surface area contributed by atoms with Crippen LogP contribution in [-0.2, 0) is 0 Å². The molecule has 1 aromatic heterocycles. The molecule has 0 radical (unpaired) electrons. The minimum absolute atomic E-state index is 0.169. The molecule has 3 rings (SSSR count). The van der Waals surface area contributed by atoms with E-state index in [9.17, 15) is 0 Å². The Labute approximate surface area is 145 Å². The van der Waals surface area contributed by atoms with Crippen molar-refractivity contribution in [3.05, 3.63) is 44.1 Å². The molecule has 5 heteroatoms. The van der Waals surface area contributed by atoms with E-state index in [1.807, 2.05) is 6.07 Å². The fraction of sp³-hybridized carbons (Fsp3) is 0.375. The highest BCUT2D eigenvalue weighted by Crippen LogP contribution is 2.42. The van der Waals surface area contributed by atoms with Crippen molar-refractivity contribution < 1.29 is 9.47 Å². The maximum Gasteiger partial charge on any atom is 0.161 e. The van der Waals surface area contributed by atoms with E-state index in [1.54, 1.807) is 11.3 Å². The Balaban J connectivity index is 1.89. The minimum atomic E-state index is 0.169. The fourth-order valence-electron chi connectivity index (χ4n) is 2.20. The molecule has 1 aliphatic heterocycles. The summed E-state index contributed by atoms with van der Waals surface area (Å²) in [6, 6.07) is 8.39. The molecule has 1 aromatic carbocycles. The molecule has 2 nitrogen and oxygen atoms in total. The van der Waals surface area contributed by atoms with Gasteiger partial charge in [0.2, 0.25) is 0 Å². The molecule has 0 amide bonds. The lowest BCUT2D eigenvalue weighted by atomic mass is 10.1. The van der Waals surface area contributed by atoms with Crippen molar-refractivity contribution in [2.75, 3.05) is 13.2 Å². The lowest BCUT2D eigenvalue weighted by Gasteiger charge is -2.12. The smallest absolute Gasteiger partial charge is 0.161 e. The van der Waals surface area contributed by atoms with Gasteiger partial charge in [-0.25, -0.2) is 0 Å². The summed E-state index contributed by atoms with van der Waals surface area (Å²) in [5.41, 5.74) is 2.45. The molecule has 112 valence electrons. The maximum absolute atomic E-state index is 5.86. The number of benzene rings is 1. The topological polar surface area (TPSA) is 18.5 Å². The first-order valence-corrected chi connectivity index (χ1v) is 9.36. The number of alkyl halides is 1. The van der Waals surface area contributed by atoms with Crippen LogP contribution in [0.5, 0.6) is 11.5 Å². The molecule has 0 N–H and O–H groups in total. The fourth-order valence-corrected chi connectivity index (χ4v) is 4.47. The first-order chi connectivity index (χ1) is 10.0. The summed E-state index contributed by atoms with van der Waals surface area (Å²) >= 11 is 9.14. The average molecular weight is 432 g/mol. The minimum Gasteiger partial charge on any atom is -0.489 e. The van der Waals surface area contributed by atoms with Crippen molar-refractivity contribution in [1.29, 1.82) is 0 Å². The summed E-state index contributed by atoms with van der Waals surface area (Å²) < 4.78 is 12.8. The summed E-state index contributed by atoms with van der Waals surface area (Å²) in [5, 5.41) is 0. The van der Waals surface area contributed by atoms with Crippen molar-refractivity contribution in [3.63, 3.8) is 0 Å². The van der Waals surface area contributed by atoms with Gasteiger partial charge in [0.15, 0.2) is 11.5 Å². The van der Waals surface area contributed by atoms with E-state index in [-0.39, 0.29) is 4.83 Å². The molecule has 21 heavy (non-hydrogen) atoms. The molecular weight excluding hydrogens is 416 g/mol. The number of hydrogen-bond donors (Lipinski definition) is 0. The number of ether oxygens (including phenoxy) is 2. The molecule has 0 saturated carbocycles. The highest BCUT2D eigenvalue weighted by atomic mass is 79.9. The first kappa shape index (κ1) is 15.4. The van der Waals surface area contributed by atoms with Gasteiger partial charge in [0.1, 0.15) is 0 Å². The molecule has 1 aliphatic rings. The van der Waals surface area contributed by atoms with Crippen LogP contribution in [-0.4, -0.2) is 13.2 Å². The first-order valence-electron chi connectivity index (χ1n) is 6.84. The number of thiophene rings is 1. The summed E-state index contributed by atoms with van der Waals surface area (Å²) in [6.45, 7) is 5.65. The van der Waals surface area contributed by atoms with Crippen LogP contribution in [0.4, 0.5) is 0 Å². The van der Waals surface area contributed by atoms with Gasteiger partial charge < -0.3 is 9.47 Å². The quantitative estimate of drug-likeness (QED) is 0.567. The van der Waals surface area contributed by atoms with Crippen LogP contribution < -0.4 is 9.47 Å². The zero-order valence-corrected chi connectivity index (χ0v) is 15.8. The standard InChI is InChI=1S/C16H16Br2O2S/c1-9-7-19-12-4-3-11(6-13(12)20-8-9)15(17)14-5-10(2)16(18)21-14/h3-6,9,15H,7-8H2,1-2H3. The lowest BCUT2D eigenvalue weighted by Crippen LogP contribution is -2.12. The van der Waals surface area contributed by atoms with Gasteiger partial charge in [-0.1, -0.05) is 28.9 Å². The summed E-state index contributed by atoms with van der Waals surface area (Å²) in [4.78, 5) is 1.45. The van der Waals surface area contributed by atoms with Gasteiger partial charge in [-0.05, 0) is 52.2 Å². The van der Waals surface area contributed by atoms with Crippen molar-refractivity contribution in [3.8, 4) is 11.5 Å². The Morgan fingerprint density at radius 2 is 1.90 bits per heavy atom. The van der Waals surface area contributed by atoms with E-state index >= 15 is 0 Å². The van der Waals surface area contributed by atoms with Gasteiger partial charge >= 0.3 is 0 Å². The SMILES string of the molecule is Cc1cc(C(Br)c2ccc3c(c2)OCC(C)CO3)sc1Br. The van der Waals surface area contributed by atoms with Crippen molar-refractivity contribution >= 4 is 43.2 Å². The van der Waals surface area contributed by atoms with Gasteiger partial charge in [-0.3, -0.25) is 0 Å². The maximum atomic E-state index is 5.86. The van der Waals surface area contributed by atoms with Crippen LogP contribution in [0.3, 0.4) is 0 Å². The van der Waals surface area contributed by atoms with Crippen molar-refractivity contribution in [2.45, 2.75) is 18.7 Å². The molecule has 2 atom stereocenters. The molecule has 2 unspecified atom stereocenters. The molecule has 2 aromatic rings. The molecule has 0 aliphatic carbocycles. The van der Waals surface area contributed by atoms with Crippen LogP contribution in [0.25, 0.3) is 0 Å². The monoisotopic (exact) mass is 430 g/mol. The summed E-state index contributed by atoms with van der Waals surface area (Å²) in [7, 11) is 0. The zero-order chi connectivity index (χ0) is 15.0. The number of halogens is 2. The summed E-state index contributed by atoms with van der Waals surface area (Å²) in [5.74, 6) is 2.09. The van der Waals surface area contributed by atoms with E-state index in [0.717, 1.165) is 11.5 Å². The van der Waals surface area contributed by atoms with E-state index in [0.29, 0.717) is 19.1 Å². The highest BCUT2D eigenvalue weighted by Gasteiger charge is 2.19. The third-order valence-electron chi connectivity index (χ3n) is 3.43. The average Bonchev–Trinajstić information content (AvgIpc) is 2.70. The third kappa shape index (κ3) is 3.30. The second-order valence-electron chi connectivity index (χ2n) is 5.40. The Morgan fingerprint density at radius 1 is 1.19 bits per heavy atom. The van der Waals surface area contributed by atoms with Gasteiger partial charge in [0.25, 0.3) is 0 Å². The van der Waals surface area contributed by atoms with Gasteiger partial charge in [-0.2, -0.15) is 0 Å². The number of fused-ring (bicyclic) bond motifs is 1. The highest BCUT2D eigenvalue weighted by molar-refractivity contribution is 9.11. The van der Waals surface area contributed by atoms with E-state index < -0.39 is 0 Å². The lowest BCUT2D eigenvalue weighted by molar-refractivity contribution is 0.228. The Bertz CT molecular complexity index is 634.